The van der Waals surface area contributed by atoms with Crippen LogP contribution in [-0.4, -0.2) is 4.57 Å². The summed E-state index contributed by atoms with van der Waals surface area (Å²) < 4.78 is 4.61. The fourth-order valence-electron chi connectivity index (χ4n) is 5.14. The standard InChI is InChI=1S/C30H25N2/c1-20-9-7-8-12-24(20)29-30-26(17-18-31(29)2)28-25-15-13-22(21-10-5-4-6-11-21)19-23(25)14-16-27(28)32(30)3/h4-19H,1-3H3/q+1. The number of aromatic nitrogens is 2. The molecule has 0 aliphatic rings. The average molecular weight is 414 g/mol. The predicted molar refractivity (Wildman–Crippen MR) is 135 cm³/mol. The van der Waals surface area contributed by atoms with Gasteiger partial charge in [0.25, 0.3) is 0 Å². The molecule has 154 valence electrons. The van der Waals surface area contributed by atoms with Gasteiger partial charge < -0.3 is 4.57 Å². The fourth-order valence-corrected chi connectivity index (χ4v) is 5.14. The van der Waals surface area contributed by atoms with E-state index in [1.165, 1.54) is 60.5 Å². The van der Waals surface area contributed by atoms with Crippen LogP contribution in [0.3, 0.4) is 0 Å². The first-order chi connectivity index (χ1) is 15.6. The van der Waals surface area contributed by atoms with Crippen LogP contribution in [0.25, 0.3) is 55.0 Å². The van der Waals surface area contributed by atoms with Crippen molar-refractivity contribution in [3.63, 3.8) is 0 Å². The molecule has 32 heavy (non-hydrogen) atoms. The highest BCUT2D eigenvalue weighted by molar-refractivity contribution is 6.22. The van der Waals surface area contributed by atoms with Crippen molar-refractivity contribution in [3.8, 4) is 22.4 Å². The molecule has 0 saturated carbocycles. The lowest BCUT2D eigenvalue weighted by Crippen LogP contribution is -2.31. The maximum atomic E-state index is 2.36. The first-order valence-corrected chi connectivity index (χ1v) is 11.1. The third kappa shape index (κ3) is 2.69. The van der Waals surface area contributed by atoms with E-state index in [2.05, 4.69) is 127 Å². The molecule has 0 bridgehead atoms. The van der Waals surface area contributed by atoms with Crippen LogP contribution in [0, 0.1) is 6.92 Å². The lowest BCUT2D eigenvalue weighted by atomic mass is 9.98. The zero-order chi connectivity index (χ0) is 21.8. The average Bonchev–Trinajstić information content (AvgIpc) is 3.12. The SMILES string of the molecule is Cc1ccccc1-c1c2c(cc[n+]1C)c1c3ccc(-c4ccccc4)cc3ccc1n2C. The minimum atomic E-state index is 1.25. The van der Waals surface area contributed by atoms with Crippen LogP contribution in [-0.2, 0) is 14.1 Å². The monoisotopic (exact) mass is 413 g/mol. The topological polar surface area (TPSA) is 8.81 Å². The van der Waals surface area contributed by atoms with Crippen LogP contribution in [0.2, 0.25) is 0 Å². The van der Waals surface area contributed by atoms with Crippen LogP contribution < -0.4 is 4.57 Å². The van der Waals surface area contributed by atoms with E-state index < -0.39 is 0 Å². The van der Waals surface area contributed by atoms with Gasteiger partial charge in [0.2, 0.25) is 5.69 Å². The predicted octanol–water partition coefficient (Wildman–Crippen LogP) is 6.95. The Balaban J connectivity index is 1.70. The van der Waals surface area contributed by atoms with Crippen LogP contribution in [0.1, 0.15) is 5.56 Å². The van der Waals surface area contributed by atoms with Crippen LogP contribution in [0.15, 0.2) is 97.2 Å². The van der Waals surface area contributed by atoms with Crippen molar-refractivity contribution in [1.29, 1.82) is 0 Å². The van der Waals surface area contributed by atoms with Gasteiger partial charge in [0.1, 0.15) is 12.6 Å². The molecule has 0 saturated heterocycles. The van der Waals surface area contributed by atoms with Gasteiger partial charge in [0.15, 0.2) is 6.20 Å². The van der Waals surface area contributed by atoms with Gasteiger partial charge in [0.05, 0.1) is 5.56 Å². The Morgan fingerprint density at radius 2 is 1.50 bits per heavy atom. The Morgan fingerprint density at radius 3 is 2.31 bits per heavy atom. The number of pyridine rings is 1. The van der Waals surface area contributed by atoms with Crippen molar-refractivity contribution in [2.45, 2.75) is 6.92 Å². The molecule has 0 amide bonds. The number of fused-ring (bicyclic) bond motifs is 5. The third-order valence-corrected chi connectivity index (χ3v) is 6.77. The van der Waals surface area contributed by atoms with Gasteiger partial charge in [0, 0.05) is 29.4 Å². The second-order valence-electron chi connectivity index (χ2n) is 8.67. The van der Waals surface area contributed by atoms with Gasteiger partial charge in [-0.05, 0) is 52.6 Å². The van der Waals surface area contributed by atoms with Crippen molar-refractivity contribution in [2.24, 2.45) is 14.1 Å². The number of rotatable bonds is 2. The highest BCUT2D eigenvalue weighted by Crippen LogP contribution is 2.38. The number of aryl methyl sites for hydroxylation is 3. The molecule has 0 spiro atoms. The maximum Gasteiger partial charge on any atom is 0.237 e. The van der Waals surface area contributed by atoms with Crippen molar-refractivity contribution in [3.05, 3.63) is 103 Å². The lowest BCUT2D eigenvalue weighted by Gasteiger charge is -2.07. The minimum Gasteiger partial charge on any atom is -0.338 e. The molecule has 6 aromatic rings. The molecule has 2 aromatic heterocycles. The van der Waals surface area contributed by atoms with E-state index >= 15 is 0 Å². The highest BCUT2D eigenvalue weighted by atomic mass is 15.0. The molecular weight excluding hydrogens is 388 g/mol. The Morgan fingerprint density at radius 1 is 0.719 bits per heavy atom. The van der Waals surface area contributed by atoms with Crippen molar-refractivity contribution < 1.29 is 4.57 Å². The summed E-state index contributed by atoms with van der Waals surface area (Å²) >= 11 is 0. The summed E-state index contributed by atoms with van der Waals surface area (Å²) in [6.07, 6.45) is 2.20. The van der Waals surface area contributed by atoms with Crippen LogP contribution >= 0.6 is 0 Å². The molecule has 0 fully saturated rings. The molecule has 4 aromatic carbocycles. The molecular formula is C30H25N2+. The number of benzene rings is 4. The summed E-state index contributed by atoms with van der Waals surface area (Å²) in [5.74, 6) is 0. The molecule has 0 atom stereocenters. The molecule has 0 radical (unpaired) electrons. The van der Waals surface area contributed by atoms with Crippen molar-refractivity contribution >= 4 is 32.6 Å². The zero-order valence-corrected chi connectivity index (χ0v) is 18.6. The van der Waals surface area contributed by atoms with Gasteiger partial charge in [-0.1, -0.05) is 66.7 Å². The van der Waals surface area contributed by atoms with Gasteiger partial charge in [-0.15, -0.1) is 0 Å². The second-order valence-corrected chi connectivity index (χ2v) is 8.67. The van der Waals surface area contributed by atoms with Gasteiger partial charge in [-0.3, -0.25) is 0 Å². The zero-order valence-electron chi connectivity index (χ0n) is 18.6. The molecule has 0 unspecified atom stereocenters. The molecule has 2 heterocycles. The van der Waals surface area contributed by atoms with Crippen molar-refractivity contribution in [2.75, 3.05) is 0 Å². The number of hydrogen-bond donors (Lipinski definition) is 0. The van der Waals surface area contributed by atoms with Crippen LogP contribution in [0.4, 0.5) is 0 Å². The summed E-state index contributed by atoms with van der Waals surface area (Å²) in [5, 5.41) is 5.21. The Bertz CT molecular complexity index is 1640. The smallest absolute Gasteiger partial charge is 0.237 e. The minimum absolute atomic E-state index is 1.25. The molecule has 0 aliphatic carbocycles. The number of nitrogens with zero attached hydrogens (tertiary/aromatic N) is 2. The van der Waals surface area contributed by atoms with E-state index in [-0.39, 0.29) is 0 Å². The lowest BCUT2D eigenvalue weighted by molar-refractivity contribution is -0.659. The van der Waals surface area contributed by atoms with E-state index in [0.29, 0.717) is 0 Å². The van der Waals surface area contributed by atoms with Gasteiger partial charge >= 0.3 is 0 Å². The van der Waals surface area contributed by atoms with E-state index in [4.69, 9.17) is 0 Å². The summed E-state index contributed by atoms with van der Waals surface area (Å²) in [7, 11) is 4.33. The largest absolute Gasteiger partial charge is 0.338 e. The summed E-state index contributed by atoms with van der Waals surface area (Å²) in [6, 6.07) is 32.9. The quantitative estimate of drug-likeness (QED) is 0.272. The first-order valence-electron chi connectivity index (χ1n) is 11.1. The van der Waals surface area contributed by atoms with Gasteiger partial charge in [-0.2, -0.15) is 4.57 Å². The van der Waals surface area contributed by atoms with E-state index in [9.17, 15) is 0 Å². The van der Waals surface area contributed by atoms with E-state index in [0.717, 1.165) is 0 Å². The summed E-state index contributed by atoms with van der Waals surface area (Å²) in [5.41, 5.74) is 8.87. The van der Waals surface area contributed by atoms with Gasteiger partial charge in [-0.25, -0.2) is 0 Å². The Labute approximate surface area is 188 Å². The normalized spacial score (nSPS) is 11.6. The Kier molecular flexibility index (Phi) is 4.16. The third-order valence-electron chi connectivity index (χ3n) is 6.77. The molecule has 2 heteroatoms. The summed E-state index contributed by atoms with van der Waals surface area (Å²) in [6.45, 7) is 2.19. The molecule has 0 N–H and O–H groups in total. The molecule has 0 aliphatic heterocycles. The maximum absolute atomic E-state index is 2.36. The first kappa shape index (κ1) is 18.8. The second kappa shape index (κ2) is 7.06. The number of hydrogen-bond acceptors (Lipinski definition) is 0. The van der Waals surface area contributed by atoms with Crippen molar-refractivity contribution in [1.82, 2.24) is 4.57 Å². The van der Waals surface area contributed by atoms with E-state index in [1.54, 1.807) is 0 Å². The molecule has 2 nitrogen and oxygen atoms in total. The molecule has 6 rings (SSSR count). The summed E-state index contributed by atoms with van der Waals surface area (Å²) in [4.78, 5) is 0. The Hall–Kier alpha value is -3.91. The highest BCUT2D eigenvalue weighted by Gasteiger charge is 2.23. The van der Waals surface area contributed by atoms with Crippen LogP contribution in [0.5, 0.6) is 0 Å². The van der Waals surface area contributed by atoms with E-state index in [1.807, 2.05) is 0 Å². The fraction of sp³-hybridized carbons (Fsp3) is 0.100.